The topological polar surface area (TPSA) is 67.4 Å². The van der Waals surface area contributed by atoms with E-state index in [-0.39, 0.29) is 5.91 Å². The number of carbonyl (C=O) groups excluding carboxylic acids is 2. The van der Waals surface area contributed by atoms with Crippen molar-refractivity contribution in [2.75, 3.05) is 20.2 Å². The number of amides is 1. The fourth-order valence-corrected chi connectivity index (χ4v) is 1.96. The van der Waals surface area contributed by atoms with Crippen molar-refractivity contribution in [2.24, 2.45) is 0 Å². The van der Waals surface area contributed by atoms with Crippen LogP contribution >= 0.6 is 0 Å². The molecule has 1 aromatic carbocycles. The highest BCUT2D eigenvalue weighted by atomic mass is 16.5. The summed E-state index contributed by atoms with van der Waals surface area (Å²) in [6, 6.07) is 8.28. The van der Waals surface area contributed by atoms with Gasteiger partial charge in [0.1, 0.15) is 0 Å². The maximum atomic E-state index is 12.2. The van der Waals surface area contributed by atoms with Crippen LogP contribution in [0.15, 0.2) is 41.5 Å². The van der Waals surface area contributed by atoms with Crippen molar-refractivity contribution in [3.63, 3.8) is 0 Å². The molecule has 0 aliphatic carbocycles. The van der Waals surface area contributed by atoms with Gasteiger partial charge in [-0.3, -0.25) is 4.79 Å². The Hall–Kier alpha value is -2.14. The van der Waals surface area contributed by atoms with E-state index in [4.69, 9.17) is 4.74 Å². The number of rotatable bonds is 4. The van der Waals surface area contributed by atoms with Gasteiger partial charge in [-0.15, -0.1) is 0 Å². The van der Waals surface area contributed by atoms with Crippen molar-refractivity contribution in [3.05, 3.63) is 47.0 Å². The molecule has 0 aromatic heterocycles. The third-order valence-electron chi connectivity index (χ3n) is 3.39. The molecule has 0 saturated carbocycles. The van der Waals surface area contributed by atoms with E-state index >= 15 is 0 Å². The van der Waals surface area contributed by atoms with Crippen molar-refractivity contribution >= 4 is 11.9 Å². The number of benzene rings is 1. The monoisotopic (exact) mass is 274 g/mol. The van der Waals surface area contributed by atoms with E-state index in [1.165, 1.54) is 7.11 Å². The molecule has 1 aliphatic heterocycles. The second-order valence-electron chi connectivity index (χ2n) is 4.67. The summed E-state index contributed by atoms with van der Waals surface area (Å²) >= 11 is 0. The normalized spacial score (nSPS) is 15.0. The van der Waals surface area contributed by atoms with E-state index < -0.39 is 12.0 Å². The molecule has 1 fully saturated rings. The molecule has 0 radical (unpaired) electrons. The molecule has 1 atom stereocenters. The second-order valence-corrected chi connectivity index (χ2v) is 4.67. The minimum Gasteiger partial charge on any atom is -0.467 e. The molecular formula is C15H18N2O3. The SMILES string of the molecule is COC(=O)C(NC(=O)C(C)=C1CNC1)c1ccccc1. The Morgan fingerprint density at radius 1 is 1.25 bits per heavy atom. The van der Waals surface area contributed by atoms with Gasteiger partial charge in [0.2, 0.25) is 5.91 Å². The van der Waals surface area contributed by atoms with E-state index in [0.29, 0.717) is 11.1 Å². The summed E-state index contributed by atoms with van der Waals surface area (Å²) < 4.78 is 4.77. The zero-order chi connectivity index (χ0) is 14.5. The summed E-state index contributed by atoms with van der Waals surface area (Å²) in [4.78, 5) is 24.0. The summed E-state index contributed by atoms with van der Waals surface area (Å²) in [7, 11) is 1.31. The molecule has 1 unspecified atom stereocenters. The molecule has 1 saturated heterocycles. The maximum Gasteiger partial charge on any atom is 0.333 e. The van der Waals surface area contributed by atoms with Gasteiger partial charge < -0.3 is 15.4 Å². The first-order valence-electron chi connectivity index (χ1n) is 6.46. The van der Waals surface area contributed by atoms with Crippen molar-refractivity contribution in [2.45, 2.75) is 13.0 Å². The highest BCUT2D eigenvalue weighted by molar-refractivity contribution is 5.96. The van der Waals surface area contributed by atoms with Crippen LogP contribution in [0.5, 0.6) is 0 Å². The Morgan fingerprint density at radius 3 is 2.40 bits per heavy atom. The summed E-state index contributed by atoms with van der Waals surface area (Å²) in [5.41, 5.74) is 2.44. The van der Waals surface area contributed by atoms with Crippen LogP contribution in [-0.2, 0) is 14.3 Å². The van der Waals surface area contributed by atoms with Crippen molar-refractivity contribution in [1.82, 2.24) is 10.6 Å². The smallest absolute Gasteiger partial charge is 0.333 e. The molecule has 1 heterocycles. The van der Waals surface area contributed by atoms with Crippen LogP contribution in [-0.4, -0.2) is 32.1 Å². The lowest BCUT2D eigenvalue weighted by Gasteiger charge is -2.23. The number of hydrogen-bond donors (Lipinski definition) is 2. The Balaban J connectivity index is 2.17. The molecule has 5 heteroatoms. The number of ether oxygens (including phenoxy) is 1. The molecule has 5 nitrogen and oxygen atoms in total. The summed E-state index contributed by atoms with van der Waals surface area (Å²) in [6.45, 7) is 3.23. The van der Waals surface area contributed by atoms with E-state index in [2.05, 4.69) is 10.6 Å². The maximum absolute atomic E-state index is 12.2. The Bertz CT molecular complexity index is 531. The predicted octanol–water partition coefficient (Wildman–Crippen LogP) is 0.937. The zero-order valence-electron chi connectivity index (χ0n) is 11.6. The van der Waals surface area contributed by atoms with E-state index in [1.807, 2.05) is 18.2 Å². The number of methoxy groups -OCH3 is 1. The molecule has 0 bridgehead atoms. The highest BCUT2D eigenvalue weighted by Crippen LogP contribution is 2.16. The lowest BCUT2D eigenvalue weighted by molar-refractivity contribution is -0.144. The van der Waals surface area contributed by atoms with Crippen LogP contribution in [0, 0.1) is 0 Å². The Kier molecular flexibility index (Phi) is 4.53. The summed E-state index contributed by atoms with van der Waals surface area (Å²) in [6.07, 6.45) is 0. The minimum absolute atomic E-state index is 0.235. The van der Waals surface area contributed by atoms with Crippen molar-refractivity contribution < 1.29 is 14.3 Å². The van der Waals surface area contributed by atoms with Crippen LogP contribution in [0.2, 0.25) is 0 Å². The van der Waals surface area contributed by atoms with Gasteiger partial charge >= 0.3 is 5.97 Å². The first-order valence-corrected chi connectivity index (χ1v) is 6.46. The van der Waals surface area contributed by atoms with Crippen molar-refractivity contribution in [1.29, 1.82) is 0 Å². The van der Waals surface area contributed by atoms with Gasteiger partial charge in [0.15, 0.2) is 6.04 Å². The van der Waals surface area contributed by atoms with E-state index in [0.717, 1.165) is 18.7 Å². The number of hydrogen-bond acceptors (Lipinski definition) is 4. The Labute approximate surface area is 118 Å². The van der Waals surface area contributed by atoms with Crippen LogP contribution < -0.4 is 10.6 Å². The van der Waals surface area contributed by atoms with E-state index in [1.54, 1.807) is 19.1 Å². The van der Waals surface area contributed by atoms with Gasteiger partial charge in [0.05, 0.1) is 7.11 Å². The standard InChI is InChI=1S/C15H18N2O3/c1-10(12-8-16-9-12)14(18)17-13(15(19)20-2)11-6-4-3-5-7-11/h3-7,13,16H,8-9H2,1-2H3,(H,17,18). The highest BCUT2D eigenvalue weighted by Gasteiger charge is 2.25. The van der Waals surface area contributed by atoms with Crippen LogP contribution in [0.1, 0.15) is 18.5 Å². The zero-order valence-corrected chi connectivity index (χ0v) is 11.6. The van der Waals surface area contributed by atoms with Gasteiger partial charge in [-0.25, -0.2) is 4.79 Å². The molecule has 1 aliphatic rings. The largest absolute Gasteiger partial charge is 0.467 e. The second kappa shape index (κ2) is 6.34. The fourth-order valence-electron chi connectivity index (χ4n) is 1.96. The van der Waals surface area contributed by atoms with Crippen molar-refractivity contribution in [3.8, 4) is 0 Å². The first kappa shape index (κ1) is 14.3. The minimum atomic E-state index is -0.780. The number of nitrogens with one attached hydrogen (secondary N) is 2. The van der Waals surface area contributed by atoms with Crippen LogP contribution in [0.3, 0.4) is 0 Å². The molecule has 1 aromatic rings. The first-order chi connectivity index (χ1) is 9.63. The van der Waals surface area contributed by atoms with Gasteiger partial charge in [-0.2, -0.15) is 0 Å². The average Bonchev–Trinajstić information content (AvgIpc) is 2.42. The molecule has 2 N–H and O–H groups in total. The molecule has 106 valence electrons. The van der Waals surface area contributed by atoms with Crippen LogP contribution in [0.4, 0.5) is 0 Å². The molecule has 2 rings (SSSR count). The summed E-state index contributed by atoms with van der Waals surface area (Å²) in [5, 5.41) is 5.82. The molecule has 20 heavy (non-hydrogen) atoms. The average molecular weight is 274 g/mol. The molecular weight excluding hydrogens is 256 g/mol. The van der Waals surface area contributed by atoms with Gasteiger partial charge in [-0.05, 0) is 18.1 Å². The van der Waals surface area contributed by atoms with E-state index in [9.17, 15) is 9.59 Å². The Morgan fingerprint density at radius 2 is 1.90 bits per heavy atom. The van der Waals surface area contributed by atoms with Crippen LogP contribution in [0.25, 0.3) is 0 Å². The molecule has 0 spiro atoms. The third kappa shape index (κ3) is 3.05. The lowest BCUT2D eigenvalue weighted by atomic mass is 10.0. The van der Waals surface area contributed by atoms with Gasteiger partial charge in [0.25, 0.3) is 0 Å². The van der Waals surface area contributed by atoms with Gasteiger partial charge in [-0.1, -0.05) is 30.3 Å². The van der Waals surface area contributed by atoms with Gasteiger partial charge in [0, 0.05) is 18.7 Å². The fraction of sp³-hybridized carbons (Fsp3) is 0.333. The number of carbonyl (C=O) groups is 2. The lowest BCUT2D eigenvalue weighted by Crippen LogP contribution is -2.40. The molecule has 1 amide bonds. The quantitative estimate of drug-likeness (QED) is 0.633. The summed E-state index contributed by atoms with van der Waals surface area (Å²) in [5.74, 6) is -0.713. The predicted molar refractivity (Wildman–Crippen MR) is 74.9 cm³/mol. The third-order valence-corrected chi connectivity index (χ3v) is 3.39. The number of esters is 1.